The van der Waals surface area contributed by atoms with Crippen molar-refractivity contribution >= 4 is 16.6 Å². The van der Waals surface area contributed by atoms with Crippen LogP contribution in [0.4, 0.5) is 5.69 Å². The average Bonchev–Trinajstić information content (AvgIpc) is 2.80. The third kappa shape index (κ3) is 3.15. The number of rotatable bonds is 6. The van der Waals surface area contributed by atoms with Gasteiger partial charge in [-0.05, 0) is 58.1 Å². The summed E-state index contributed by atoms with van der Waals surface area (Å²) in [6, 6.07) is 9.46. The molecule has 1 aromatic heterocycles. The zero-order valence-electron chi connectivity index (χ0n) is 13.1. The predicted molar refractivity (Wildman–Crippen MR) is 88.1 cm³/mol. The first kappa shape index (κ1) is 14.9. The number of fused-ring (bicyclic) bond motifs is 1. The Hall–Kier alpha value is -1.48. The third-order valence-electron chi connectivity index (χ3n) is 4.18. The van der Waals surface area contributed by atoms with Crippen LogP contribution in [0.2, 0.25) is 0 Å². The lowest BCUT2D eigenvalue weighted by Gasteiger charge is -2.28. The van der Waals surface area contributed by atoms with Crippen LogP contribution in [0.25, 0.3) is 10.9 Å². The molecule has 2 rings (SSSR count). The van der Waals surface area contributed by atoms with Crippen molar-refractivity contribution in [2.45, 2.75) is 45.2 Å². The van der Waals surface area contributed by atoms with Gasteiger partial charge in [0.15, 0.2) is 0 Å². The van der Waals surface area contributed by atoms with Crippen LogP contribution in [0.3, 0.4) is 0 Å². The van der Waals surface area contributed by atoms with E-state index in [2.05, 4.69) is 55.7 Å². The molecule has 2 aromatic rings. The largest absolute Gasteiger partial charge is 0.399 e. The quantitative estimate of drug-likeness (QED) is 0.810. The number of nitrogen functional groups attached to an aromatic ring is 1. The Kier molecular flexibility index (Phi) is 4.71. The summed E-state index contributed by atoms with van der Waals surface area (Å²) < 4.78 is 2.38. The number of hydrogen-bond donors (Lipinski definition) is 1. The van der Waals surface area contributed by atoms with E-state index in [1.54, 1.807) is 0 Å². The first-order chi connectivity index (χ1) is 9.52. The fourth-order valence-corrected chi connectivity index (χ4v) is 2.99. The second-order valence-corrected chi connectivity index (χ2v) is 6.03. The summed E-state index contributed by atoms with van der Waals surface area (Å²) in [7, 11) is 4.36. The van der Waals surface area contributed by atoms with Gasteiger partial charge in [0.2, 0.25) is 0 Å². The smallest absolute Gasteiger partial charge is 0.0484 e. The molecule has 1 aromatic carbocycles. The lowest BCUT2D eigenvalue weighted by Crippen LogP contribution is -2.30. The Balaban J connectivity index is 2.20. The number of benzene rings is 1. The van der Waals surface area contributed by atoms with Crippen molar-refractivity contribution in [1.29, 1.82) is 0 Å². The van der Waals surface area contributed by atoms with Gasteiger partial charge in [-0.15, -0.1) is 0 Å². The molecule has 0 fully saturated rings. The van der Waals surface area contributed by atoms with Gasteiger partial charge in [-0.2, -0.15) is 0 Å². The van der Waals surface area contributed by atoms with Crippen LogP contribution in [-0.2, 0) is 0 Å². The first-order valence-electron chi connectivity index (χ1n) is 7.55. The lowest BCUT2D eigenvalue weighted by molar-refractivity contribution is 0.237. The summed E-state index contributed by atoms with van der Waals surface area (Å²) in [6.45, 7) is 4.57. The highest BCUT2D eigenvalue weighted by Crippen LogP contribution is 2.26. The number of aromatic nitrogens is 1. The molecule has 0 aliphatic carbocycles. The highest BCUT2D eigenvalue weighted by molar-refractivity contribution is 5.83. The van der Waals surface area contributed by atoms with Crippen molar-refractivity contribution in [1.82, 2.24) is 9.47 Å². The van der Waals surface area contributed by atoms with Crippen LogP contribution in [0.1, 0.15) is 39.2 Å². The number of nitrogens with two attached hydrogens (primary N) is 1. The molecule has 0 spiro atoms. The Bertz CT molecular complexity index is 556. The molecule has 2 N–H and O–H groups in total. The van der Waals surface area contributed by atoms with E-state index >= 15 is 0 Å². The molecule has 3 nitrogen and oxygen atoms in total. The van der Waals surface area contributed by atoms with Crippen molar-refractivity contribution in [2.75, 3.05) is 19.8 Å². The molecule has 0 bridgehead atoms. The normalized spacial score (nSPS) is 14.8. The Labute approximate surface area is 122 Å². The van der Waals surface area contributed by atoms with Gasteiger partial charge >= 0.3 is 0 Å². The van der Waals surface area contributed by atoms with E-state index in [0.29, 0.717) is 12.1 Å². The molecule has 1 heterocycles. The van der Waals surface area contributed by atoms with Crippen molar-refractivity contribution in [2.24, 2.45) is 0 Å². The Morgan fingerprint density at radius 1 is 1.25 bits per heavy atom. The molecule has 0 saturated carbocycles. The molecule has 0 aliphatic heterocycles. The summed E-state index contributed by atoms with van der Waals surface area (Å²) in [6.07, 6.45) is 5.85. The van der Waals surface area contributed by atoms with Gasteiger partial charge in [0.25, 0.3) is 0 Å². The van der Waals surface area contributed by atoms with Crippen LogP contribution in [-0.4, -0.2) is 29.6 Å². The van der Waals surface area contributed by atoms with Crippen LogP contribution < -0.4 is 5.73 Å². The van der Waals surface area contributed by atoms with E-state index in [4.69, 9.17) is 5.73 Å². The van der Waals surface area contributed by atoms with E-state index in [0.717, 1.165) is 5.69 Å². The molecule has 2 atom stereocenters. The van der Waals surface area contributed by atoms with Crippen molar-refractivity contribution in [3.63, 3.8) is 0 Å². The summed E-state index contributed by atoms with van der Waals surface area (Å²) in [4.78, 5) is 2.35. The van der Waals surface area contributed by atoms with Crippen LogP contribution in [0.5, 0.6) is 0 Å². The maximum Gasteiger partial charge on any atom is 0.0484 e. The predicted octanol–water partition coefficient (Wildman–Crippen LogP) is 3.90. The van der Waals surface area contributed by atoms with Gasteiger partial charge in [0, 0.05) is 34.9 Å². The molecular formula is C17H27N3. The maximum absolute atomic E-state index is 5.85. The minimum Gasteiger partial charge on any atom is -0.399 e. The maximum atomic E-state index is 5.85. The van der Waals surface area contributed by atoms with Crippen LogP contribution >= 0.6 is 0 Å². The summed E-state index contributed by atoms with van der Waals surface area (Å²) in [5.41, 5.74) is 7.97. The topological polar surface area (TPSA) is 34.2 Å². The zero-order valence-corrected chi connectivity index (χ0v) is 13.1. The highest BCUT2D eigenvalue weighted by atomic mass is 15.1. The van der Waals surface area contributed by atoms with Gasteiger partial charge in [0.05, 0.1) is 0 Å². The van der Waals surface area contributed by atoms with E-state index in [1.807, 2.05) is 12.1 Å². The van der Waals surface area contributed by atoms with Gasteiger partial charge in [-0.1, -0.05) is 13.3 Å². The van der Waals surface area contributed by atoms with Gasteiger partial charge in [-0.25, -0.2) is 0 Å². The number of nitrogens with zero attached hydrogens (tertiary/aromatic N) is 2. The van der Waals surface area contributed by atoms with Crippen molar-refractivity contribution in [3.05, 3.63) is 30.5 Å². The molecular weight excluding hydrogens is 246 g/mol. The molecule has 0 saturated heterocycles. The van der Waals surface area contributed by atoms with Crippen molar-refractivity contribution in [3.8, 4) is 0 Å². The molecule has 110 valence electrons. The lowest BCUT2D eigenvalue weighted by atomic mass is 10.0. The fourth-order valence-electron chi connectivity index (χ4n) is 2.99. The van der Waals surface area contributed by atoms with E-state index < -0.39 is 0 Å². The monoisotopic (exact) mass is 273 g/mol. The van der Waals surface area contributed by atoms with Crippen molar-refractivity contribution < 1.29 is 0 Å². The van der Waals surface area contributed by atoms with Crippen LogP contribution in [0, 0.1) is 0 Å². The molecule has 2 unspecified atom stereocenters. The Morgan fingerprint density at radius 3 is 2.65 bits per heavy atom. The molecule has 0 aliphatic rings. The van der Waals surface area contributed by atoms with Gasteiger partial charge < -0.3 is 15.2 Å². The summed E-state index contributed by atoms with van der Waals surface area (Å²) in [5, 5.41) is 1.23. The second-order valence-electron chi connectivity index (χ2n) is 6.03. The minimum atomic E-state index is 0.495. The van der Waals surface area contributed by atoms with E-state index in [9.17, 15) is 0 Å². The number of hydrogen-bond acceptors (Lipinski definition) is 2. The summed E-state index contributed by atoms with van der Waals surface area (Å²) in [5.74, 6) is 0. The SMILES string of the molecule is CCCC(CC(C)n1ccc2cc(N)ccc21)N(C)C. The average molecular weight is 273 g/mol. The highest BCUT2D eigenvalue weighted by Gasteiger charge is 2.16. The molecule has 0 radical (unpaired) electrons. The zero-order chi connectivity index (χ0) is 14.7. The first-order valence-corrected chi connectivity index (χ1v) is 7.55. The molecule has 0 amide bonds. The molecule has 20 heavy (non-hydrogen) atoms. The number of anilines is 1. The second kappa shape index (κ2) is 6.31. The fraction of sp³-hybridized carbons (Fsp3) is 0.529. The van der Waals surface area contributed by atoms with Gasteiger partial charge in [0.1, 0.15) is 0 Å². The third-order valence-corrected chi connectivity index (χ3v) is 4.18. The van der Waals surface area contributed by atoms with E-state index in [1.165, 1.54) is 30.2 Å². The van der Waals surface area contributed by atoms with Gasteiger partial charge in [-0.3, -0.25) is 0 Å². The standard InChI is InChI=1S/C17H27N3/c1-5-6-16(19(3)4)11-13(2)20-10-9-14-12-15(18)7-8-17(14)20/h7-10,12-13,16H,5-6,11,18H2,1-4H3. The Morgan fingerprint density at radius 2 is 2.00 bits per heavy atom. The van der Waals surface area contributed by atoms with E-state index in [-0.39, 0.29) is 0 Å². The van der Waals surface area contributed by atoms with Crippen LogP contribution in [0.15, 0.2) is 30.5 Å². The molecule has 3 heteroatoms. The summed E-state index contributed by atoms with van der Waals surface area (Å²) >= 11 is 0. The minimum absolute atomic E-state index is 0.495.